The summed E-state index contributed by atoms with van der Waals surface area (Å²) in [5.74, 6) is -1.39. The summed E-state index contributed by atoms with van der Waals surface area (Å²) < 4.78 is 0. The number of carboxylic acids is 1. The number of hydrogen-bond donors (Lipinski definition) is 5. The van der Waals surface area contributed by atoms with E-state index in [4.69, 9.17) is 0 Å². The first-order valence-electron chi connectivity index (χ1n) is 9.64. The van der Waals surface area contributed by atoms with Gasteiger partial charge in [0.1, 0.15) is 6.04 Å². The fourth-order valence-corrected chi connectivity index (χ4v) is 3.62. The monoisotopic (exact) mass is 386 g/mol. The Morgan fingerprint density at radius 3 is 2.64 bits per heavy atom. The van der Waals surface area contributed by atoms with Crippen molar-refractivity contribution in [3.05, 3.63) is 36.0 Å². The lowest BCUT2D eigenvalue weighted by Crippen LogP contribution is -2.50. The van der Waals surface area contributed by atoms with Crippen LogP contribution in [0.5, 0.6) is 0 Å². The minimum atomic E-state index is -1.13. The van der Waals surface area contributed by atoms with E-state index in [1.807, 2.05) is 24.3 Å². The van der Waals surface area contributed by atoms with Crippen LogP contribution in [-0.4, -0.2) is 46.6 Å². The molecule has 5 N–H and O–H groups in total. The molecule has 1 aromatic carbocycles. The highest BCUT2D eigenvalue weighted by Crippen LogP contribution is 2.19. The van der Waals surface area contributed by atoms with E-state index in [-0.39, 0.29) is 24.9 Å². The quantitative estimate of drug-likeness (QED) is 0.499. The predicted molar refractivity (Wildman–Crippen MR) is 105 cm³/mol. The molecule has 8 heteroatoms. The number of H-pyrrole nitrogens is 1. The van der Waals surface area contributed by atoms with Gasteiger partial charge in [-0.2, -0.15) is 0 Å². The van der Waals surface area contributed by atoms with Crippen LogP contribution in [0.2, 0.25) is 0 Å². The van der Waals surface area contributed by atoms with Gasteiger partial charge in [-0.05, 0) is 24.5 Å². The summed E-state index contributed by atoms with van der Waals surface area (Å²) in [6.07, 6.45) is 7.21. The van der Waals surface area contributed by atoms with E-state index >= 15 is 0 Å². The lowest BCUT2D eigenvalue weighted by Gasteiger charge is -2.23. The minimum Gasteiger partial charge on any atom is -0.480 e. The first kappa shape index (κ1) is 19.7. The lowest BCUT2D eigenvalue weighted by atomic mass is 9.95. The number of rotatable bonds is 7. The molecule has 1 atom stereocenters. The Balaban J connectivity index is 1.50. The van der Waals surface area contributed by atoms with Gasteiger partial charge in [-0.1, -0.05) is 37.5 Å². The molecule has 28 heavy (non-hydrogen) atoms. The zero-order chi connectivity index (χ0) is 19.9. The van der Waals surface area contributed by atoms with Crippen LogP contribution in [0.1, 0.15) is 37.7 Å². The molecule has 0 aliphatic heterocycles. The van der Waals surface area contributed by atoms with Gasteiger partial charge in [-0.3, -0.25) is 4.79 Å². The smallest absolute Gasteiger partial charge is 0.326 e. The van der Waals surface area contributed by atoms with Crippen molar-refractivity contribution in [1.29, 1.82) is 0 Å². The second-order valence-electron chi connectivity index (χ2n) is 7.18. The number of aromatic amines is 1. The molecule has 1 heterocycles. The fourth-order valence-electron chi connectivity index (χ4n) is 3.62. The number of hydrogen-bond acceptors (Lipinski definition) is 3. The van der Waals surface area contributed by atoms with Gasteiger partial charge in [0.05, 0.1) is 6.54 Å². The van der Waals surface area contributed by atoms with Crippen molar-refractivity contribution in [2.24, 2.45) is 0 Å². The van der Waals surface area contributed by atoms with Crippen molar-refractivity contribution >= 4 is 28.8 Å². The number of benzene rings is 1. The van der Waals surface area contributed by atoms with E-state index in [1.165, 1.54) is 6.42 Å². The highest BCUT2D eigenvalue weighted by molar-refractivity contribution is 5.88. The van der Waals surface area contributed by atoms with Crippen molar-refractivity contribution in [3.63, 3.8) is 0 Å². The van der Waals surface area contributed by atoms with Crippen LogP contribution < -0.4 is 16.0 Å². The van der Waals surface area contributed by atoms with Gasteiger partial charge >= 0.3 is 12.0 Å². The van der Waals surface area contributed by atoms with Crippen LogP contribution in [0.15, 0.2) is 30.5 Å². The van der Waals surface area contributed by atoms with Crippen LogP contribution in [0.4, 0.5) is 4.79 Å². The van der Waals surface area contributed by atoms with Crippen LogP contribution in [0, 0.1) is 0 Å². The summed E-state index contributed by atoms with van der Waals surface area (Å²) in [7, 11) is 0. The van der Waals surface area contributed by atoms with Crippen LogP contribution in [0.25, 0.3) is 10.9 Å². The molecule has 1 aliphatic carbocycles. The van der Waals surface area contributed by atoms with E-state index in [0.717, 1.165) is 42.1 Å². The number of nitrogens with one attached hydrogen (secondary N) is 4. The Morgan fingerprint density at radius 1 is 1.14 bits per heavy atom. The number of carboxylic acid groups (broad SMARTS) is 1. The lowest BCUT2D eigenvalue weighted by molar-refractivity contribution is -0.139. The third-order valence-electron chi connectivity index (χ3n) is 5.08. The molecule has 2 aromatic rings. The van der Waals surface area contributed by atoms with E-state index in [2.05, 4.69) is 20.9 Å². The van der Waals surface area contributed by atoms with Crippen molar-refractivity contribution in [1.82, 2.24) is 20.9 Å². The molecule has 0 radical (unpaired) electrons. The number of aliphatic carboxylic acids is 1. The standard InChI is InChI=1S/C20H26N4O4/c25-18(23-14-6-2-1-3-7-14)12-22-20(28)24-17(19(26)27)10-13-11-21-16-9-5-4-8-15(13)16/h4-5,8-9,11,14,17,21H,1-3,6-7,10,12H2,(H,23,25)(H,26,27)(H2,22,24,28). The van der Waals surface area contributed by atoms with Crippen LogP contribution in [-0.2, 0) is 16.0 Å². The first-order valence-corrected chi connectivity index (χ1v) is 9.64. The van der Waals surface area contributed by atoms with Gasteiger partial charge < -0.3 is 26.0 Å². The average molecular weight is 386 g/mol. The summed E-state index contributed by atoms with van der Waals surface area (Å²) in [6, 6.07) is 5.96. The van der Waals surface area contributed by atoms with E-state index in [0.29, 0.717) is 0 Å². The van der Waals surface area contributed by atoms with Crippen molar-refractivity contribution in [2.45, 2.75) is 50.6 Å². The van der Waals surface area contributed by atoms with Gasteiger partial charge in [0.15, 0.2) is 0 Å². The fraction of sp³-hybridized carbons (Fsp3) is 0.450. The minimum absolute atomic E-state index is 0.140. The molecule has 3 rings (SSSR count). The number of carbonyl (C=O) groups is 3. The molecule has 1 aromatic heterocycles. The van der Waals surface area contributed by atoms with E-state index < -0.39 is 18.0 Å². The zero-order valence-corrected chi connectivity index (χ0v) is 15.7. The number of aromatic nitrogens is 1. The third-order valence-corrected chi connectivity index (χ3v) is 5.08. The van der Waals surface area contributed by atoms with Crippen LogP contribution >= 0.6 is 0 Å². The highest BCUT2D eigenvalue weighted by atomic mass is 16.4. The number of amides is 3. The first-order chi connectivity index (χ1) is 13.5. The second-order valence-corrected chi connectivity index (χ2v) is 7.18. The normalized spacial score (nSPS) is 15.7. The largest absolute Gasteiger partial charge is 0.480 e. The Kier molecular flexibility index (Phi) is 6.52. The van der Waals surface area contributed by atoms with Crippen molar-refractivity contribution in [2.75, 3.05) is 6.54 Å². The van der Waals surface area contributed by atoms with Gasteiger partial charge in [-0.25, -0.2) is 9.59 Å². The van der Waals surface area contributed by atoms with E-state index in [1.54, 1.807) is 6.20 Å². The van der Waals surface area contributed by atoms with Crippen molar-refractivity contribution in [3.8, 4) is 0 Å². The maximum atomic E-state index is 12.1. The Hall–Kier alpha value is -3.03. The molecule has 150 valence electrons. The molecule has 1 unspecified atom stereocenters. The molecule has 0 bridgehead atoms. The Labute approximate surface area is 163 Å². The molecule has 8 nitrogen and oxygen atoms in total. The summed E-state index contributed by atoms with van der Waals surface area (Å²) >= 11 is 0. The SMILES string of the molecule is O=C(CNC(=O)NC(Cc1c[nH]c2ccccc12)C(=O)O)NC1CCCCC1. The summed E-state index contributed by atoms with van der Waals surface area (Å²) in [4.78, 5) is 38.7. The summed E-state index contributed by atoms with van der Waals surface area (Å²) in [6.45, 7) is -0.179. The Bertz CT molecular complexity index is 842. The zero-order valence-electron chi connectivity index (χ0n) is 15.7. The Morgan fingerprint density at radius 2 is 1.89 bits per heavy atom. The maximum Gasteiger partial charge on any atom is 0.326 e. The second kappa shape index (κ2) is 9.25. The third kappa shape index (κ3) is 5.25. The number of urea groups is 1. The molecular weight excluding hydrogens is 360 g/mol. The number of carbonyl (C=O) groups excluding carboxylic acids is 2. The van der Waals surface area contributed by atoms with Crippen molar-refractivity contribution < 1.29 is 19.5 Å². The van der Waals surface area contributed by atoms with Gasteiger partial charge in [-0.15, -0.1) is 0 Å². The number of para-hydroxylation sites is 1. The molecule has 3 amide bonds. The highest BCUT2D eigenvalue weighted by Gasteiger charge is 2.22. The molecule has 1 aliphatic rings. The molecular formula is C20H26N4O4. The topological polar surface area (TPSA) is 123 Å². The molecule has 1 saturated carbocycles. The maximum absolute atomic E-state index is 12.1. The van der Waals surface area contributed by atoms with Gasteiger partial charge in [0.25, 0.3) is 0 Å². The predicted octanol–water partition coefficient (Wildman–Crippen LogP) is 1.91. The average Bonchev–Trinajstić information content (AvgIpc) is 3.09. The summed E-state index contributed by atoms with van der Waals surface area (Å²) in [5, 5.41) is 18.2. The summed E-state index contributed by atoms with van der Waals surface area (Å²) in [5.41, 5.74) is 1.71. The van der Waals surface area contributed by atoms with E-state index in [9.17, 15) is 19.5 Å². The molecule has 0 spiro atoms. The number of fused-ring (bicyclic) bond motifs is 1. The van der Waals surface area contributed by atoms with Gasteiger partial charge in [0.2, 0.25) is 5.91 Å². The molecule has 1 fully saturated rings. The van der Waals surface area contributed by atoms with Gasteiger partial charge in [0, 0.05) is 29.6 Å². The molecule has 0 saturated heterocycles. The van der Waals surface area contributed by atoms with Crippen LogP contribution in [0.3, 0.4) is 0 Å².